The Morgan fingerprint density at radius 3 is 2.48 bits per heavy atom. The zero-order valence-electron chi connectivity index (χ0n) is 14.4. The van der Waals surface area contributed by atoms with Crippen LogP contribution in [0.25, 0.3) is 0 Å². The van der Waals surface area contributed by atoms with E-state index in [9.17, 15) is 22.8 Å². The molecule has 0 heterocycles. The van der Waals surface area contributed by atoms with Gasteiger partial charge in [0.25, 0.3) is 5.91 Å². The molecule has 0 bridgehead atoms. The van der Waals surface area contributed by atoms with Gasteiger partial charge in [0.1, 0.15) is 5.75 Å². The van der Waals surface area contributed by atoms with Gasteiger partial charge in [0.2, 0.25) is 0 Å². The number of hydrogen-bond acceptors (Lipinski definition) is 3. The molecule has 0 spiro atoms. The Morgan fingerprint density at radius 2 is 1.85 bits per heavy atom. The highest BCUT2D eigenvalue weighted by molar-refractivity contribution is 6.05. The number of halogens is 3. The highest BCUT2D eigenvalue weighted by Crippen LogP contribution is 2.32. The predicted molar refractivity (Wildman–Crippen MR) is 92.8 cm³/mol. The Bertz CT molecular complexity index is 821. The molecule has 0 aliphatic rings. The zero-order chi connectivity index (χ0) is 20.0. The molecule has 2 aromatic rings. The third kappa shape index (κ3) is 5.47. The lowest BCUT2D eigenvalue weighted by Gasteiger charge is -2.16. The quantitative estimate of drug-likeness (QED) is 0.736. The Kier molecular flexibility index (Phi) is 6.44. The van der Waals surface area contributed by atoms with Crippen LogP contribution >= 0.6 is 0 Å². The number of carboxylic acids is 1. The van der Waals surface area contributed by atoms with E-state index in [0.717, 1.165) is 12.1 Å². The van der Waals surface area contributed by atoms with Crippen molar-refractivity contribution in [3.8, 4) is 5.75 Å². The van der Waals surface area contributed by atoms with Gasteiger partial charge in [-0.25, -0.2) is 4.79 Å². The number of ether oxygens (including phenoxy) is 1. The lowest BCUT2D eigenvalue weighted by Crippen LogP contribution is -2.26. The lowest BCUT2D eigenvalue weighted by molar-refractivity contribution is -0.145. The van der Waals surface area contributed by atoms with Crippen molar-refractivity contribution in [2.45, 2.75) is 32.0 Å². The lowest BCUT2D eigenvalue weighted by atomic mass is 10.1. The van der Waals surface area contributed by atoms with Gasteiger partial charge < -0.3 is 15.2 Å². The van der Waals surface area contributed by atoms with Crippen LogP contribution < -0.4 is 10.1 Å². The normalized spacial score (nSPS) is 12.3. The summed E-state index contributed by atoms with van der Waals surface area (Å²) in [5, 5.41) is 11.5. The maximum absolute atomic E-state index is 13.0. The van der Waals surface area contributed by atoms with Crippen molar-refractivity contribution in [2.75, 3.05) is 5.32 Å². The van der Waals surface area contributed by atoms with E-state index in [1.165, 1.54) is 36.4 Å². The Labute approximate surface area is 153 Å². The van der Waals surface area contributed by atoms with Gasteiger partial charge in [-0.1, -0.05) is 31.5 Å². The molecule has 2 N–H and O–H groups in total. The third-order valence-electron chi connectivity index (χ3n) is 3.67. The Balaban J connectivity index is 2.19. The first-order valence-corrected chi connectivity index (χ1v) is 8.19. The minimum atomic E-state index is -4.66. The van der Waals surface area contributed by atoms with Crippen molar-refractivity contribution in [1.82, 2.24) is 0 Å². The largest absolute Gasteiger partial charge is 0.479 e. The number of benzene rings is 2. The molecule has 0 fully saturated rings. The number of aliphatic carboxylic acids is 1. The summed E-state index contributed by atoms with van der Waals surface area (Å²) in [5.74, 6) is -1.86. The van der Waals surface area contributed by atoms with Crippen LogP contribution in [-0.2, 0) is 11.0 Å². The number of carbonyl (C=O) groups is 2. The standard InChI is InChI=1S/C19H18F3NO4/c1-2-6-16(18(25)26)27-13-8-5-7-12(11-13)23-17(24)14-9-3-4-10-15(14)19(20,21)22/h3-5,7-11,16H,2,6H2,1H3,(H,23,24)(H,25,26). The molecule has 0 saturated carbocycles. The van der Waals surface area contributed by atoms with Crippen molar-refractivity contribution in [3.63, 3.8) is 0 Å². The number of anilines is 1. The molecule has 1 unspecified atom stereocenters. The molecule has 1 amide bonds. The van der Waals surface area contributed by atoms with Gasteiger partial charge in [0, 0.05) is 11.8 Å². The van der Waals surface area contributed by atoms with Crippen molar-refractivity contribution in [1.29, 1.82) is 0 Å². The van der Waals surface area contributed by atoms with Crippen LogP contribution in [-0.4, -0.2) is 23.1 Å². The first kappa shape index (κ1) is 20.3. The van der Waals surface area contributed by atoms with E-state index in [4.69, 9.17) is 9.84 Å². The molecular formula is C19H18F3NO4. The molecule has 2 rings (SSSR count). The molecule has 27 heavy (non-hydrogen) atoms. The van der Waals surface area contributed by atoms with E-state index in [1.54, 1.807) is 0 Å². The van der Waals surface area contributed by atoms with E-state index in [1.807, 2.05) is 6.92 Å². The molecule has 0 radical (unpaired) electrons. The average Bonchev–Trinajstić information content (AvgIpc) is 2.61. The van der Waals surface area contributed by atoms with Gasteiger partial charge >= 0.3 is 12.1 Å². The Morgan fingerprint density at radius 1 is 1.15 bits per heavy atom. The molecule has 0 saturated heterocycles. The highest BCUT2D eigenvalue weighted by atomic mass is 19.4. The van der Waals surface area contributed by atoms with Gasteiger partial charge in [-0.2, -0.15) is 13.2 Å². The summed E-state index contributed by atoms with van der Waals surface area (Å²) in [4.78, 5) is 23.5. The minimum Gasteiger partial charge on any atom is -0.479 e. The fraction of sp³-hybridized carbons (Fsp3) is 0.263. The maximum Gasteiger partial charge on any atom is 0.417 e. The summed E-state index contributed by atoms with van der Waals surface area (Å²) in [6, 6.07) is 10.3. The number of alkyl halides is 3. The molecule has 0 aliphatic carbocycles. The van der Waals surface area contributed by atoms with Crippen LogP contribution in [0.4, 0.5) is 18.9 Å². The van der Waals surface area contributed by atoms with Gasteiger partial charge in [0.15, 0.2) is 6.10 Å². The second kappa shape index (κ2) is 8.57. The predicted octanol–water partition coefficient (Wildman–Crippen LogP) is 4.59. The van der Waals surface area contributed by atoms with Gasteiger partial charge in [-0.05, 0) is 30.7 Å². The van der Waals surface area contributed by atoms with E-state index >= 15 is 0 Å². The van der Waals surface area contributed by atoms with Crippen molar-refractivity contribution >= 4 is 17.6 Å². The number of hydrogen-bond donors (Lipinski definition) is 2. The SMILES string of the molecule is CCCC(Oc1cccc(NC(=O)c2ccccc2C(F)(F)F)c1)C(=O)O. The van der Waals surface area contributed by atoms with Crippen LogP contribution in [0, 0.1) is 0 Å². The fourth-order valence-corrected chi connectivity index (χ4v) is 2.43. The van der Waals surface area contributed by atoms with Gasteiger partial charge in [-0.3, -0.25) is 4.79 Å². The van der Waals surface area contributed by atoms with E-state index in [-0.39, 0.29) is 11.4 Å². The van der Waals surface area contributed by atoms with Crippen LogP contribution in [0.2, 0.25) is 0 Å². The van der Waals surface area contributed by atoms with Crippen molar-refractivity contribution < 1.29 is 32.6 Å². The average molecular weight is 381 g/mol. The molecule has 8 heteroatoms. The van der Waals surface area contributed by atoms with E-state index in [0.29, 0.717) is 12.8 Å². The first-order chi connectivity index (χ1) is 12.7. The van der Waals surface area contributed by atoms with E-state index < -0.39 is 35.3 Å². The molecule has 0 aromatic heterocycles. The fourth-order valence-electron chi connectivity index (χ4n) is 2.43. The number of nitrogens with one attached hydrogen (secondary N) is 1. The van der Waals surface area contributed by atoms with Crippen LogP contribution in [0.5, 0.6) is 5.75 Å². The number of amides is 1. The summed E-state index contributed by atoms with van der Waals surface area (Å²) in [6.07, 6.45) is -4.81. The molecule has 144 valence electrons. The summed E-state index contributed by atoms with van der Waals surface area (Å²) in [6.45, 7) is 1.81. The third-order valence-corrected chi connectivity index (χ3v) is 3.67. The molecule has 2 aromatic carbocycles. The zero-order valence-corrected chi connectivity index (χ0v) is 14.4. The number of carboxylic acid groups (broad SMARTS) is 1. The minimum absolute atomic E-state index is 0.190. The summed E-state index contributed by atoms with van der Waals surface area (Å²) in [5.41, 5.74) is -1.36. The van der Waals surface area contributed by atoms with Crippen LogP contribution in [0.15, 0.2) is 48.5 Å². The monoisotopic (exact) mass is 381 g/mol. The second-order valence-corrected chi connectivity index (χ2v) is 5.76. The number of rotatable bonds is 7. The van der Waals surface area contributed by atoms with Crippen LogP contribution in [0.1, 0.15) is 35.7 Å². The summed E-state index contributed by atoms with van der Waals surface area (Å²) in [7, 11) is 0. The van der Waals surface area contributed by atoms with Crippen molar-refractivity contribution in [2.24, 2.45) is 0 Å². The molecule has 5 nitrogen and oxygen atoms in total. The van der Waals surface area contributed by atoms with E-state index in [2.05, 4.69) is 5.32 Å². The molecular weight excluding hydrogens is 363 g/mol. The second-order valence-electron chi connectivity index (χ2n) is 5.76. The molecule has 0 aliphatic heterocycles. The highest BCUT2D eigenvalue weighted by Gasteiger charge is 2.34. The molecule has 1 atom stereocenters. The smallest absolute Gasteiger partial charge is 0.417 e. The maximum atomic E-state index is 13.0. The number of carbonyl (C=O) groups excluding carboxylic acids is 1. The van der Waals surface area contributed by atoms with Gasteiger partial charge in [0.05, 0.1) is 11.1 Å². The van der Waals surface area contributed by atoms with Crippen LogP contribution in [0.3, 0.4) is 0 Å². The summed E-state index contributed by atoms with van der Waals surface area (Å²) >= 11 is 0. The van der Waals surface area contributed by atoms with Gasteiger partial charge in [-0.15, -0.1) is 0 Å². The topological polar surface area (TPSA) is 75.6 Å². The van der Waals surface area contributed by atoms with Crippen molar-refractivity contribution in [3.05, 3.63) is 59.7 Å². The summed E-state index contributed by atoms with van der Waals surface area (Å²) < 4.78 is 44.5. The first-order valence-electron chi connectivity index (χ1n) is 8.19. The Hall–Kier alpha value is -3.03.